The Morgan fingerprint density at radius 1 is 1.07 bits per heavy atom. The summed E-state index contributed by atoms with van der Waals surface area (Å²) in [5, 5.41) is 2.44. The molecule has 0 radical (unpaired) electrons. The number of amides is 1. The molecule has 2 aromatic carbocycles. The van der Waals surface area contributed by atoms with Gasteiger partial charge >= 0.3 is 6.18 Å². The van der Waals surface area contributed by atoms with Crippen molar-refractivity contribution in [2.45, 2.75) is 19.1 Å². The molecular weight excluding hydrogens is 383 g/mol. The smallest absolute Gasteiger partial charge is 0.418 e. The van der Waals surface area contributed by atoms with Gasteiger partial charge in [-0.05, 0) is 31.2 Å². The van der Waals surface area contributed by atoms with Crippen molar-refractivity contribution in [3.8, 4) is 5.75 Å². The Bertz CT molecular complexity index is 849. The number of benzene rings is 2. The Labute approximate surface area is 168 Å². The number of ether oxygens (including phenoxy) is 1. The SMILES string of the molecule is COc1cccc(N2CCN(C(C)C(=O)Nc3ccccc3C(F)(F)F)CC2)c1. The summed E-state index contributed by atoms with van der Waals surface area (Å²) in [6.07, 6.45) is -4.52. The van der Waals surface area contributed by atoms with Crippen molar-refractivity contribution < 1.29 is 22.7 Å². The Morgan fingerprint density at radius 3 is 2.41 bits per heavy atom. The highest BCUT2D eigenvalue weighted by Crippen LogP contribution is 2.34. The lowest BCUT2D eigenvalue weighted by Gasteiger charge is -2.38. The Kier molecular flexibility index (Phi) is 6.32. The number of alkyl halides is 3. The quantitative estimate of drug-likeness (QED) is 0.818. The van der Waals surface area contributed by atoms with Gasteiger partial charge in [-0.1, -0.05) is 18.2 Å². The van der Waals surface area contributed by atoms with E-state index in [1.165, 1.54) is 18.2 Å². The van der Waals surface area contributed by atoms with E-state index in [9.17, 15) is 18.0 Å². The summed E-state index contributed by atoms with van der Waals surface area (Å²) in [6.45, 7) is 4.40. The standard InChI is InChI=1S/C21H24F3N3O2/c1-15(20(28)25-19-9-4-3-8-18(19)21(22,23)24)26-10-12-27(13-11-26)16-6-5-7-17(14-16)29-2/h3-9,14-15H,10-13H2,1-2H3,(H,25,28). The van der Waals surface area contributed by atoms with Crippen molar-refractivity contribution in [3.05, 3.63) is 54.1 Å². The molecule has 1 N–H and O–H groups in total. The third-order valence-corrected chi connectivity index (χ3v) is 5.15. The molecule has 0 aromatic heterocycles. The van der Waals surface area contributed by atoms with E-state index < -0.39 is 23.7 Å². The molecule has 1 aliphatic heterocycles. The van der Waals surface area contributed by atoms with Crippen LogP contribution in [0.25, 0.3) is 0 Å². The molecule has 0 aliphatic carbocycles. The fourth-order valence-electron chi connectivity index (χ4n) is 3.42. The summed E-state index contributed by atoms with van der Waals surface area (Å²) in [6, 6.07) is 12.2. The van der Waals surface area contributed by atoms with Crippen LogP contribution >= 0.6 is 0 Å². The van der Waals surface area contributed by atoms with Gasteiger partial charge in [-0.3, -0.25) is 9.69 Å². The first-order valence-corrected chi connectivity index (χ1v) is 9.39. The molecule has 8 heteroatoms. The minimum absolute atomic E-state index is 0.216. The third-order valence-electron chi connectivity index (χ3n) is 5.15. The van der Waals surface area contributed by atoms with Crippen molar-refractivity contribution in [2.24, 2.45) is 0 Å². The summed E-state index contributed by atoms with van der Waals surface area (Å²) in [5.41, 5.74) is -0.0181. The predicted molar refractivity (Wildman–Crippen MR) is 106 cm³/mol. The number of carbonyl (C=O) groups excluding carboxylic acids is 1. The van der Waals surface area contributed by atoms with Crippen LogP contribution in [0, 0.1) is 0 Å². The Morgan fingerprint density at radius 2 is 1.76 bits per heavy atom. The summed E-state index contributed by atoms with van der Waals surface area (Å²) in [4.78, 5) is 16.7. The van der Waals surface area contributed by atoms with E-state index in [2.05, 4.69) is 10.2 Å². The number of halogens is 3. The van der Waals surface area contributed by atoms with Crippen LogP contribution in [0.2, 0.25) is 0 Å². The van der Waals surface area contributed by atoms with E-state index in [0.717, 1.165) is 17.5 Å². The number of nitrogens with one attached hydrogen (secondary N) is 1. The van der Waals surface area contributed by atoms with Crippen LogP contribution in [0.4, 0.5) is 24.5 Å². The highest BCUT2D eigenvalue weighted by molar-refractivity contribution is 5.95. The number of para-hydroxylation sites is 1. The molecule has 29 heavy (non-hydrogen) atoms. The molecule has 2 aromatic rings. The van der Waals surface area contributed by atoms with Crippen LogP contribution in [0.5, 0.6) is 5.75 Å². The van der Waals surface area contributed by atoms with E-state index in [4.69, 9.17) is 4.74 Å². The van der Waals surface area contributed by atoms with Crippen molar-refractivity contribution in [1.29, 1.82) is 0 Å². The van der Waals surface area contributed by atoms with Gasteiger partial charge in [0.05, 0.1) is 24.4 Å². The van der Waals surface area contributed by atoms with Crippen LogP contribution in [-0.2, 0) is 11.0 Å². The average molecular weight is 407 g/mol. The molecule has 0 saturated carbocycles. The highest BCUT2D eigenvalue weighted by Gasteiger charge is 2.34. The molecule has 5 nitrogen and oxygen atoms in total. The molecular formula is C21H24F3N3O2. The van der Waals surface area contributed by atoms with E-state index in [0.29, 0.717) is 26.2 Å². The van der Waals surface area contributed by atoms with Crippen LogP contribution in [-0.4, -0.2) is 50.1 Å². The highest BCUT2D eigenvalue weighted by atomic mass is 19.4. The minimum atomic E-state index is -4.52. The molecule has 1 amide bonds. The third kappa shape index (κ3) is 5.00. The first kappa shape index (κ1) is 21.0. The van der Waals surface area contributed by atoms with Crippen LogP contribution < -0.4 is 15.0 Å². The summed E-state index contributed by atoms with van der Waals surface area (Å²) < 4.78 is 44.7. The van der Waals surface area contributed by atoms with Crippen molar-refractivity contribution >= 4 is 17.3 Å². The molecule has 1 heterocycles. The van der Waals surface area contributed by atoms with E-state index >= 15 is 0 Å². The number of rotatable bonds is 5. The van der Waals surface area contributed by atoms with Gasteiger partial charge in [-0.2, -0.15) is 13.2 Å². The second-order valence-corrected chi connectivity index (χ2v) is 6.93. The molecule has 1 atom stereocenters. The van der Waals surface area contributed by atoms with Crippen molar-refractivity contribution in [1.82, 2.24) is 4.90 Å². The van der Waals surface area contributed by atoms with Gasteiger partial charge in [0.25, 0.3) is 0 Å². The number of piperazine rings is 1. The fourth-order valence-corrected chi connectivity index (χ4v) is 3.42. The zero-order valence-electron chi connectivity index (χ0n) is 16.4. The van der Waals surface area contributed by atoms with Gasteiger partial charge in [0.15, 0.2) is 0 Å². The second-order valence-electron chi connectivity index (χ2n) is 6.93. The zero-order valence-corrected chi connectivity index (χ0v) is 16.4. The Balaban J connectivity index is 1.61. The van der Waals surface area contributed by atoms with Crippen LogP contribution in [0.3, 0.4) is 0 Å². The zero-order chi connectivity index (χ0) is 21.0. The molecule has 1 aliphatic rings. The van der Waals surface area contributed by atoms with E-state index in [1.54, 1.807) is 14.0 Å². The van der Waals surface area contributed by atoms with Gasteiger partial charge < -0.3 is 15.0 Å². The van der Waals surface area contributed by atoms with E-state index in [-0.39, 0.29) is 5.69 Å². The number of methoxy groups -OCH3 is 1. The van der Waals surface area contributed by atoms with E-state index in [1.807, 2.05) is 29.2 Å². The van der Waals surface area contributed by atoms with Gasteiger partial charge in [0, 0.05) is 37.9 Å². The fraction of sp³-hybridized carbons (Fsp3) is 0.381. The van der Waals surface area contributed by atoms with Crippen molar-refractivity contribution in [3.63, 3.8) is 0 Å². The number of carbonyl (C=O) groups is 1. The normalized spacial score (nSPS) is 16.4. The van der Waals surface area contributed by atoms with Gasteiger partial charge in [0.2, 0.25) is 5.91 Å². The lowest BCUT2D eigenvalue weighted by Crippen LogP contribution is -2.52. The van der Waals surface area contributed by atoms with Crippen LogP contribution in [0.15, 0.2) is 48.5 Å². The van der Waals surface area contributed by atoms with Crippen molar-refractivity contribution in [2.75, 3.05) is 43.5 Å². The number of hydrogen-bond acceptors (Lipinski definition) is 4. The second kappa shape index (κ2) is 8.73. The molecule has 1 fully saturated rings. The van der Waals surface area contributed by atoms with Crippen LogP contribution in [0.1, 0.15) is 12.5 Å². The first-order chi connectivity index (χ1) is 13.8. The van der Waals surface area contributed by atoms with Gasteiger partial charge in [0.1, 0.15) is 5.75 Å². The Hall–Kier alpha value is -2.74. The average Bonchev–Trinajstić information content (AvgIpc) is 2.73. The number of anilines is 2. The number of nitrogens with zero attached hydrogens (tertiary/aromatic N) is 2. The molecule has 0 spiro atoms. The molecule has 0 bridgehead atoms. The molecule has 156 valence electrons. The lowest BCUT2D eigenvalue weighted by molar-refractivity contribution is -0.137. The predicted octanol–water partition coefficient (Wildman–Crippen LogP) is 3.86. The molecule has 3 rings (SSSR count). The summed E-state index contributed by atoms with van der Waals surface area (Å²) in [7, 11) is 1.62. The maximum absolute atomic E-state index is 13.1. The molecule has 1 unspecified atom stereocenters. The lowest BCUT2D eigenvalue weighted by atomic mass is 10.1. The maximum Gasteiger partial charge on any atom is 0.418 e. The summed E-state index contributed by atoms with van der Waals surface area (Å²) >= 11 is 0. The summed E-state index contributed by atoms with van der Waals surface area (Å²) in [5.74, 6) is 0.331. The monoisotopic (exact) mass is 407 g/mol. The largest absolute Gasteiger partial charge is 0.497 e. The first-order valence-electron chi connectivity index (χ1n) is 9.39. The number of hydrogen-bond donors (Lipinski definition) is 1. The topological polar surface area (TPSA) is 44.8 Å². The minimum Gasteiger partial charge on any atom is -0.497 e. The molecule has 1 saturated heterocycles. The van der Waals surface area contributed by atoms with Gasteiger partial charge in [-0.25, -0.2) is 0 Å². The van der Waals surface area contributed by atoms with Gasteiger partial charge in [-0.15, -0.1) is 0 Å². The maximum atomic E-state index is 13.1.